The summed E-state index contributed by atoms with van der Waals surface area (Å²) >= 11 is 6.07. The van der Waals surface area contributed by atoms with Gasteiger partial charge in [-0.2, -0.15) is 4.98 Å². The predicted octanol–water partition coefficient (Wildman–Crippen LogP) is 5.79. The van der Waals surface area contributed by atoms with E-state index in [-0.39, 0.29) is 18.3 Å². The average molecular weight is 495 g/mol. The van der Waals surface area contributed by atoms with Crippen molar-refractivity contribution in [2.24, 2.45) is 0 Å². The smallest absolute Gasteiger partial charge is 0.263 e. The van der Waals surface area contributed by atoms with Crippen molar-refractivity contribution in [1.29, 1.82) is 0 Å². The molecule has 2 heterocycles. The first kappa shape index (κ1) is 24.4. The molecule has 0 N–H and O–H groups in total. The number of carbonyl (C=O) groups excluding carboxylic acids is 1. The molecule has 0 aliphatic carbocycles. The van der Waals surface area contributed by atoms with Crippen LogP contribution < -0.4 is 23.8 Å². The van der Waals surface area contributed by atoms with E-state index in [0.29, 0.717) is 39.2 Å². The average Bonchev–Trinajstić information content (AvgIpc) is 2.86. The lowest BCUT2D eigenvalue weighted by molar-refractivity contribution is 0.0981. The van der Waals surface area contributed by atoms with Crippen molar-refractivity contribution in [2.75, 3.05) is 26.2 Å². The van der Waals surface area contributed by atoms with Gasteiger partial charge in [0.05, 0.1) is 39.0 Å². The number of aromatic nitrogens is 1. The largest absolute Gasteiger partial charge is 0.495 e. The van der Waals surface area contributed by atoms with Crippen molar-refractivity contribution < 1.29 is 23.7 Å². The molecule has 1 aliphatic heterocycles. The zero-order chi connectivity index (χ0) is 25.2. The van der Waals surface area contributed by atoms with E-state index in [0.717, 1.165) is 5.56 Å². The topological polar surface area (TPSA) is 70.1 Å². The Labute approximate surface area is 209 Å². The second-order valence-electron chi connectivity index (χ2n) is 8.50. The molecule has 1 aromatic heterocycles. The maximum absolute atomic E-state index is 14.0. The zero-order valence-electron chi connectivity index (χ0n) is 20.3. The molecule has 2 aromatic carbocycles. The third-order valence-corrected chi connectivity index (χ3v) is 5.87. The van der Waals surface area contributed by atoms with Crippen molar-refractivity contribution in [1.82, 2.24) is 4.98 Å². The number of hydrogen-bond acceptors (Lipinski definition) is 6. The second-order valence-corrected chi connectivity index (χ2v) is 8.93. The highest BCUT2D eigenvalue weighted by Crippen LogP contribution is 2.40. The van der Waals surface area contributed by atoms with E-state index in [9.17, 15) is 4.79 Å². The van der Waals surface area contributed by atoms with Gasteiger partial charge in [-0.15, -0.1) is 0 Å². The minimum absolute atomic E-state index is 0.248. The van der Waals surface area contributed by atoms with Gasteiger partial charge in [0.1, 0.15) is 22.9 Å². The van der Waals surface area contributed by atoms with Crippen LogP contribution in [0.2, 0.25) is 5.02 Å². The zero-order valence-corrected chi connectivity index (χ0v) is 21.1. The lowest BCUT2D eigenvalue weighted by atomic mass is 9.99. The van der Waals surface area contributed by atoms with Gasteiger partial charge in [-0.25, -0.2) is 0 Å². The fraction of sp³-hybridized carbons (Fsp3) is 0.259. The van der Waals surface area contributed by atoms with Crippen LogP contribution in [0.25, 0.3) is 6.08 Å². The number of amides is 1. The van der Waals surface area contributed by atoms with Crippen LogP contribution in [0.3, 0.4) is 0 Å². The summed E-state index contributed by atoms with van der Waals surface area (Å²) in [6.45, 7) is 4.18. The molecular formula is C27H27ClN2O5. The molecule has 0 saturated carbocycles. The molecule has 0 atom stereocenters. The number of hydrogen-bond donors (Lipinski definition) is 0. The summed E-state index contributed by atoms with van der Waals surface area (Å²) in [5.41, 5.74) is 1.52. The molecule has 0 spiro atoms. The molecule has 182 valence electrons. The van der Waals surface area contributed by atoms with E-state index in [1.807, 2.05) is 38.1 Å². The van der Waals surface area contributed by atoms with Crippen LogP contribution in [0.15, 0.2) is 54.6 Å². The van der Waals surface area contributed by atoms with Crippen LogP contribution >= 0.6 is 11.6 Å². The van der Waals surface area contributed by atoms with E-state index in [1.165, 1.54) is 21.3 Å². The summed E-state index contributed by atoms with van der Waals surface area (Å²) in [5.74, 6) is 1.93. The number of pyridine rings is 1. The van der Waals surface area contributed by atoms with Crippen molar-refractivity contribution in [3.05, 3.63) is 76.3 Å². The van der Waals surface area contributed by atoms with Gasteiger partial charge < -0.3 is 18.9 Å². The first-order valence-electron chi connectivity index (χ1n) is 11.0. The van der Waals surface area contributed by atoms with Gasteiger partial charge in [0.25, 0.3) is 11.8 Å². The van der Waals surface area contributed by atoms with Crippen LogP contribution in [0.4, 0.5) is 5.82 Å². The van der Waals surface area contributed by atoms with E-state index >= 15 is 0 Å². The first-order valence-corrected chi connectivity index (χ1v) is 11.4. The van der Waals surface area contributed by atoms with E-state index in [1.54, 1.807) is 41.3 Å². The number of ether oxygens (including phenoxy) is 4. The van der Waals surface area contributed by atoms with E-state index in [4.69, 9.17) is 30.5 Å². The van der Waals surface area contributed by atoms with Gasteiger partial charge in [-0.3, -0.25) is 9.69 Å². The van der Waals surface area contributed by atoms with Crippen LogP contribution in [-0.4, -0.2) is 37.8 Å². The maximum atomic E-state index is 14.0. The Morgan fingerprint density at radius 3 is 2.40 bits per heavy atom. The Balaban J connectivity index is 1.80. The molecule has 0 fully saturated rings. The first-order chi connectivity index (χ1) is 16.8. The lowest BCUT2D eigenvalue weighted by Crippen LogP contribution is -2.32. The maximum Gasteiger partial charge on any atom is 0.263 e. The molecule has 7 nitrogen and oxygen atoms in total. The highest BCUT2D eigenvalue weighted by atomic mass is 35.5. The Morgan fingerprint density at radius 1 is 1.00 bits per heavy atom. The SMILES string of the molecule is COc1ccc(N(Cc2ccc(Cl)cc2)C(=O)c2ccc3c(c2OC)C=CC(C)(C)O3)nc1OC. The molecule has 0 saturated heterocycles. The Kier molecular flexibility index (Phi) is 6.89. The summed E-state index contributed by atoms with van der Waals surface area (Å²) in [4.78, 5) is 20.1. The number of rotatable bonds is 7. The van der Waals surface area contributed by atoms with Crippen LogP contribution in [-0.2, 0) is 6.54 Å². The number of anilines is 1. The third kappa shape index (κ3) is 5.05. The third-order valence-electron chi connectivity index (χ3n) is 5.61. The van der Waals surface area contributed by atoms with Crippen molar-refractivity contribution in [3.63, 3.8) is 0 Å². The minimum Gasteiger partial charge on any atom is -0.495 e. The Bertz CT molecular complexity index is 1270. The van der Waals surface area contributed by atoms with Crippen LogP contribution in [0, 0.1) is 0 Å². The number of halogens is 1. The van der Waals surface area contributed by atoms with Gasteiger partial charge in [0.2, 0.25) is 0 Å². The van der Waals surface area contributed by atoms with Gasteiger partial charge in [-0.1, -0.05) is 23.7 Å². The van der Waals surface area contributed by atoms with Crippen LogP contribution in [0.1, 0.15) is 35.3 Å². The van der Waals surface area contributed by atoms with E-state index < -0.39 is 5.60 Å². The minimum atomic E-state index is -0.451. The summed E-state index contributed by atoms with van der Waals surface area (Å²) in [5, 5.41) is 0.613. The summed E-state index contributed by atoms with van der Waals surface area (Å²) in [6.07, 6.45) is 3.86. The molecular weight excluding hydrogens is 468 g/mol. The number of nitrogens with zero attached hydrogens (tertiary/aromatic N) is 2. The number of carbonyl (C=O) groups is 1. The normalized spacial score (nSPS) is 13.4. The van der Waals surface area contributed by atoms with Crippen LogP contribution in [0.5, 0.6) is 23.1 Å². The molecule has 1 amide bonds. The highest BCUT2D eigenvalue weighted by Gasteiger charge is 2.29. The Hall–Kier alpha value is -3.71. The number of benzene rings is 2. The molecule has 35 heavy (non-hydrogen) atoms. The molecule has 4 rings (SSSR count). The van der Waals surface area contributed by atoms with Gasteiger partial charge in [0.15, 0.2) is 5.75 Å². The van der Waals surface area contributed by atoms with Crippen molar-refractivity contribution in [3.8, 4) is 23.1 Å². The van der Waals surface area contributed by atoms with Crippen molar-refractivity contribution >= 4 is 29.4 Å². The summed E-state index contributed by atoms with van der Waals surface area (Å²) < 4.78 is 22.5. The predicted molar refractivity (Wildman–Crippen MR) is 136 cm³/mol. The standard InChI is InChI=1S/C27H27ClN2O5/c1-27(2)15-14-19-21(35-27)11-10-20(24(19)33-4)26(31)30(16-17-6-8-18(28)9-7-17)23-13-12-22(32-3)25(29-23)34-5/h6-15H,16H2,1-5H3. The van der Waals surface area contributed by atoms with Crippen molar-refractivity contribution in [2.45, 2.75) is 26.0 Å². The monoisotopic (exact) mass is 494 g/mol. The summed E-state index contributed by atoms with van der Waals surface area (Å²) in [6, 6.07) is 14.2. The molecule has 1 aliphatic rings. The molecule has 0 bridgehead atoms. The fourth-order valence-electron chi connectivity index (χ4n) is 3.86. The quantitative estimate of drug-likeness (QED) is 0.414. The fourth-order valence-corrected chi connectivity index (χ4v) is 3.99. The van der Waals surface area contributed by atoms with Gasteiger partial charge >= 0.3 is 0 Å². The molecule has 8 heteroatoms. The number of methoxy groups -OCH3 is 3. The Morgan fingerprint density at radius 2 is 1.74 bits per heavy atom. The van der Waals surface area contributed by atoms with Gasteiger partial charge in [-0.05, 0) is 68.0 Å². The second kappa shape index (κ2) is 9.88. The molecule has 3 aromatic rings. The lowest BCUT2D eigenvalue weighted by Gasteiger charge is -2.30. The van der Waals surface area contributed by atoms with Gasteiger partial charge in [0, 0.05) is 5.02 Å². The summed E-state index contributed by atoms with van der Waals surface area (Å²) in [7, 11) is 4.57. The molecule has 0 radical (unpaired) electrons. The molecule has 0 unspecified atom stereocenters. The van der Waals surface area contributed by atoms with E-state index in [2.05, 4.69) is 4.98 Å². The highest BCUT2D eigenvalue weighted by molar-refractivity contribution is 6.30. The number of fused-ring (bicyclic) bond motifs is 1.